The van der Waals surface area contributed by atoms with E-state index in [0.717, 1.165) is 48.3 Å². The number of nitrogens with zero attached hydrogens (tertiary/aromatic N) is 1. The van der Waals surface area contributed by atoms with Gasteiger partial charge in [0.2, 0.25) is 5.91 Å². The predicted octanol–water partition coefficient (Wildman–Crippen LogP) is 3.39. The molecule has 0 aliphatic heterocycles. The Bertz CT molecular complexity index is 735. The van der Waals surface area contributed by atoms with E-state index >= 15 is 0 Å². The SMILES string of the molecule is CCCc1[nH]nc(-c2ccc(OC)c(OC)c2)c1NC(=O)C1CC1. The average Bonchev–Trinajstić information content (AvgIpc) is 3.39. The fourth-order valence-electron chi connectivity index (χ4n) is 2.71. The van der Waals surface area contributed by atoms with E-state index in [1.54, 1.807) is 14.2 Å². The van der Waals surface area contributed by atoms with Crippen LogP contribution in [-0.2, 0) is 11.2 Å². The van der Waals surface area contributed by atoms with Crippen molar-refractivity contribution in [3.63, 3.8) is 0 Å². The number of amides is 1. The van der Waals surface area contributed by atoms with Gasteiger partial charge < -0.3 is 14.8 Å². The van der Waals surface area contributed by atoms with Crippen molar-refractivity contribution in [1.29, 1.82) is 0 Å². The molecule has 0 unspecified atom stereocenters. The van der Waals surface area contributed by atoms with Gasteiger partial charge in [0.15, 0.2) is 11.5 Å². The third kappa shape index (κ3) is 3.22. The molecule has 2 aromatic rings. The second kappa shape index (κ2) is 6.95. The number of aromatic amines is 1. The van der Waals surface area contributed by atoms with E-state index in [9.17, 15) is 4.79 Å². The smallest absolute Gasteiger partial charge is 0.227 e. The molecule has 3 rings (SSSR count). The minimum absolute atomic E-state index is 0.0791. The van der Waals surface area contributed by atoms with Crippen molar-refractivity contribution in [2.45, 2.75) is 32.6 Å². The lowest BCUT2D eigenvalue weighted by atomic mass is 10.1. The van der Waals surface area contributed by atoms with Crippen LogP contribution in [-0.4, -0.2) is 30.3 Å². The minimum atomic E-state index is 0.0791. The van der Waals surface area contributed by atoms with Gasteiger partial charge in [0.1, 0.15) is 5.69 Å². The molecule has 1 heterocycles. The highest BCUT2D eigenvalue weighted by molar-refractivity contribution is 5.98. The monoisotopic (exact) mass is 329 g/mol. The lowest BCUT2D eigenvalue weighted by Gasteiger charge is -2.11. The summed E-state index contributed by atoms with van der Waals surface area (Å²) in [6.07, 6.45) is 3.75. The summed E-state index contributed by atoms with van der Waals surface area (Å²) in [5.41, 5.74) is 3.34. The fraction of sp³-hybridized carbons (Fsp3) is 0.444. The van der Waals surface area contributed by atoms with Gasteiger partial charge in [-0.2, -0.15) is 5.10 Å². The number of rotatable bonds is 7. The topological polar surface area (TPSA) is 76.2 Å². The second-order valence-corrected chi connectivity index (χ2v) is 6.01. The molecule has 6 heteroatoms. The molecule has 128 valence electrons. The molecule has 0 saturated heterocycles. The first-order valence-corrected chi connectivity index (χ1v) is 8.28. The molecule has 0 bridgehead atoms. The molecule has 6 nitrogen and oxygen atoms in total. The number of nitrogens with one attached hydrogen (secondary N) is 2. The van der Waals surface area contributed by atoms with E-state index in [4.69, 9.17) is 9.47 Å². The van der Waals surface area contributed by atoms with Crippen LogP contribution in [0.4, 0.5) is 5.69 Å². The molecular weight excluding hydrogens is 306 g/mol. The Morgan fingerprint density at radius 1 is 1.29 bits per heavy atom. The van der Waals surface area contributed by atoms with Crippen molar-refractivity contribution in [2.24, 2.45) is 5.92 Å². The van der Waals surface area contributed by atoms with E-state index in [1.807, 2.05) is 18.2 Å². The Morgan fingerprint density at radius 3 is 2.67 bits per heavy atom. The van der Waals surface area contributed by atoms with Crippen LogP contribution in [0.2, 0.25) is 0 Å². The van der Waals surface area contributed by atoms with Gasteiger partial charge in [-0.15, -0.1) is 0 Å². The second-order valence-electron chi connectivity index (χ2n) is 6.01. The van der Waals surface area contributed by atoms with Crippen LogP contribution in [0.25, 0.3) is 11.3 Å². The van der Waals surface area contributed by atoms with Gasteiger partial charge in [0.05, 0.1) is 25.6 Å². The number of aryl methyl sites for hydroxylation is 1. The van der Waals surface area contributed by atoms with Gasteiger partial charge in [-0.05, 0) is 37.5 Å². The number of carbonyl (C=O) groups excluding carboxylic acids is 1. The summed E-state index contributed by atoms with van der Waals surface area (Å²) in [6.45, 7) is 2.10. The standard InChI is InChI=1S/C18H23N3O3/c1-4-5-13-17(19-18(22)11-6-7-11)16(21-20-13)12-8-9-14(23-2)15(10-12)24-3/h8-11H,4-7H2,1-3H3,(H,19,22)(H,20,21). The number of aromatic nitrogens is 2. The van der Waals surface area contributed by atoms with Gasteiger partial charge in [-0.1, -0.05) is 13.3 Å². The van der Waals surface area contributed by atoms with Crippen molar-refractivity contribution in [2.75, 3.05) is 19.5 Å². The predicted molar refractivity (Wildman–Crippen MR) is 92.5 cm³/mol. The average molecular weight is 329 g/mol. The maximum absolute atomic E-state index is 12.2. The summed E-state index contributed by atoms with van der Waals surface area (Å²) >= 11 is 0. The molecule has 1 aliphatic rings. The van der Waals surface area contributed by atoms with E-state index < -0.39 is 0 Å². The van der Waals surface area contributed by atoms with Crippen LogP contribution in [0.1, 0.15) is 31.9 Å². The zero-order valence-corrected chi connectivity index (χ0v) is 14.3. The summed E-state index contributed by atoms with van der Waals surface area (Å²) < 4.78 is 10.7. The maximum Gasteiger partial charge on any atom is 0.227 e. The lowest BCUT2D eigenvalue weighted by Crippen LogP contribution is -2.14. The Balaban J connectivity index is 1.98. The maximum atomic E-state index is 12.2. The lowest BCUT2D eigenvalue weighted by molar-refractivity contribution is -0.117. The summed E-state index contributed by atoms with van der Waals surface area (Å²) in [5.74, 6) is 1.52. The van der Waals surface area contributed by atoms with E-state index in [-0.39, 0.29) is 11.8 Å². The van der Waals surface area contributed by atoms with Crippen molar-refractivity contribution in [1.82, 2.24) is 10.2 Å². The molecule has 1 amide bonds. The van der Waals surface area contributed by atoms with Crippen molar-refractivity contribution >= 4 is 11.6 Å². The molecule has 24 heavy (non-hydrogen) atoms. The Kier molecular flexibility index (Phi) is 4.74. The highest BCUT2D eigenvalue weighted by atomic mass is 16.5. The van der Waals surface area contributed by atoms with Crippen LogP contribution >= 0.6 is 0 Å². The largest absolute Gasteiger partial charge is 0.493 e. The third-order valence-electron chi connectivity index (χ3n) is 4.19. The third-order valence-corrected chi connectivity index (χ3v) is 4.19. The highest BCUT2D eigenvalue weighted by Crippen LogP contribution is 2.37. The quantitative estimate of drug-likeness (QED) is 0.816. The number of hydrogen-bond acceptors (Lipinski definition) is 4. The van der Waals surface area contributed by atoms with Crippen LogP contribution in [0.15, 0.2) is 18.2 Å². The number of H-pyrrole nitrogens is 1. The first-order chi connectivity index (χ1) is 11.7. The Labute approximate surface area is 141 Å². The van der Waals surface area contributed by atoms with E-state index in [2.05, 4.69) is 22.4 Å². The molecule has 1 aliphatic carbocycles. The number of hydrogen-bond donors (Lipinski definition) is 2. The number of methoxy groups -OCH3 is 2. The Morgan fingerprint density at radius 2 is 2.04 bits per heavy atom. The summed E-state index contributed by atoms with van der Waals surface area (Å²) in [4.78, 5) is 12.2. The van der Waals surface area contributed by atoms with E-state index in [0.29, 0.717) is 11.5 Å². The molecule has 1 fully saturated rings. The number of ether oxygens (including phenoxy) is 2. The van der Waals surface area contributed by atoms with Gasteiger partial charge in [0, 0.05) is 11.5 Å². The van der Waals surface area contributed by atoms with Gasteiger partial charge in [-0.25, -0.2) is 0 Å². The zero-order chi connectivity index (χ0) is 17.1. The summed E-state index contributed by atoms with van der Waals surface area (Å²) in [7, 11) is 3.21. The number of anilines is 1. The van der Waals surface area contributed by atoms with Gasteiger partial charge in [0.25, 0.3) is 0 Å². The van der Waals surface area contributed by atoms with Crippen molar-refractivity contribution in [3.8, 4) is 22.8 Å². The van der Waals surface area contributed by atoms with Crippen molar-refractivity contribution < 1.29 is 14.3 Å². The zero-order valence-electron chi connectivity index (χ0n) is 14.3. The molecule has 1 aromatic heterocycles. The molecule has 0 spiro atoms. The van der Waals surface area contributed by atoms with Crippen LogP contribution < -0.4 is 14.8 Å². The molecule has 1 saturated carbocycles. The number of carbonyl (C=O) groups is 1. The van der Waals surface area contributed by atoms with Crippen LogP contribution in [0.5, 0.6) is 11.5 Å². The van der Waals surface area contributed by atoms with E-state index in [1.165, 1.54) is 0 Å². The molecule has 1 aromatic carbocycles. The van der Waals surface area contributed by atoms with Gasteiger partial charge >= 0.3 is 0 Å². The highest BCUT2D eigenvalue weighted by Gasteiger charge is 2.31. The van der Waals surface area contributed by atoms with Crippen molar-refractivity contribution in [3.05, 3.63) is 23.9 Å². The molecule has 0 atom stereocenters. The molecule has 2 N–H and O–H groups in total. The first kappa shape index (κ1) is 16.4. The molecular formula is C18H23N3O3. The molecule has 0 radical (unpaired) electrons. The fourth-order valence-corrected chi connectivity index (χ4v) is 2.71. The number of benzene rings is 1. The van der Waals surface area contributed by atoms with Crippen LogP contribution in [0, 0.1) is 5.92 Å². The minimum Gasteiger partial charge on any atom is -0.493 e. The van der Waals surface area contributed by atoms with Crippen LogP contribution in [0.3, 0.4) is 0 Å². The summed E-state index contributed by atoms with van der Waals surface area (Å²) in [5, 5.41) is 10.6. The Hall–Kier alpha value is -2.50. The first-order valence-electron chi connectivity index (χ1n) is 8.28. The summed E-state index contributed by atoms with van der Waals surface area (Å²) in [6, 6.07) is 5.63. The normalized spacial score (nSPS) is 13.6. The van der Waals surface area contributed by atoms with Gasteiger partial charge in [-0.3, -0.25) is 9.89 Å².